The van der Waals surface area contributed by atoms with Gasteiger partial charge in [-0.15, -0.1) is 0 Å². The molecule has 0 aliphatic rings. The van der Waals surface area contributed by atoms with Crippen LogP contribution in [0.5, 0.6) is 5.75 Å². The third-order valence-corrected chi connectivity index (χ3v) is 2.29. The highest BCUT2D eigenvalue weighted by Crippen LogP contribution is 2.16. The second-order valence-corrected chi connectivity index (χ2v) is 3.78. The highest BCUT2D eigenvalue weighted by atomic mass is 19.1. The maximum Gasteiger partial charge on any atom is 0.323 e. The number of rotatable bonds is 5. The Morgan fingerprint density at radius 1 is 1.39 bits per heavy atom. The van der Waals surface area contributed by atoms with E-state index in [0.717, 1.165) is 17.0 Å². The van der Waals surface area contributed by atoms with E-state index in [9.17, 15) is 14.0 Å². The topological polar surface area (TPSA) is 77.8 Å². The number of phenolic OH excluding ortho intramolecular Hbond substituents is 1. The van der Waals surface area contributed by atoms with Crippen molar-refractivity contribution in [3.05, 3.63) is 29.6 Å². The van der Waals surface area contributed by atoms with E-state index >= 15 is 0 Å². The van der Waals surface area contributed by atoms with Crippen molar-refractivity contribution in [1.82, 2.24) is 4.90 Å². The van der Waals surface area contributed by atoms with Gasteiger partial charge in [0.05, 0.1) is 5.56 Å². The number of benzene rings is 1. The number of hydrogen-bond donors (Lipinski definition) is 2. The number of amides is 1. The molecule has 0 saturated carbocycles. The van der Waals surface area contributed by atoms with Crippen molar-refractivity contribution < 1.29 is 24.2 Å². The van der Waals surface area contributed by atoms with Crippen molar-refractivity contribution in [1.29, 1.82) is 0 Å². The van der Waals surface area contributed by atoms with Gasteiger partial charge in [0.25, 0.3) is 5.91 Å². The standard InChI is InChI=1S/C12H14FNO4/c1-2-5-14(7-11(16)17)12(18)9-4-3-8(15)6-10(9)13/h3-4,6,15H,2,5,7H2,1H3,(H,16,17). The van der Waals surface area contributed by atoms with Gasteiger partial charge in [-0.25, -0.2) is 4.39 Å². The molecule has 1 aromatic carbocycles. The first kappa shape index (κ1) is 14.0. The van der Waals surface area contributed by atoms with Crippen LogP contribution in [0.2, 0.25) is 0 Å². The maximum atomic E-state index is 13.5. The number of halogens is 1. The normalized spacial score (nSPS) is 10.1. The number of phenols is 1. The van der Waals surface area contributed by atoms with Crippen LogP contribution in [-0.2, 0) is 4.79 Å². The summed E-state index contributed by atoms with van der Waals surface area (Å²) < 4.78 is 13.5. The van der Waals surface area contributed by atoms with Crippen molar-refractivity contribution in [3.8, 4) is 5.75 Å². The summed E-state index contributed by atoms with van der Waals surface area (Å²) in [5.74, 6) is -3.01. The van der Waals surface area contributed by atoms with Gasteiger partial charge in [-0.05, 0) is 18.6 Å². The first-order valence-electron chi connectivity index (χ1n) is 5.45. The predicted octanol–water partition coefficient (Wildman–Crippen LogP) is 1.47. The molecule has 0 unspecified atom stereocenters. The van der Waals surface area contributed by atoms with E-state index in [1.807, 2.05) is 0 Å². The molecule has 0 atom stereocenters. The average Bonchev–Trinajstić information content (AvgIpc) is 2.27. The largest absolute Gasteiger partial charge is 0.508 e. The molecule has 0 spiro atoms. The number of carboxylic acid groups (broad SMARTS) is 1. The summed E-state index contributed by atoms with van der Waals surface area (Å²) in [5, 5.41) is 17.7. The lowest BCUT2D eigenvalue weighted by atomic mass is 10.1. The number of carbonyl (C=O) groups is 2. The van der Waals surface area contributed by atoms with Crippen LogP contribution in [-0.4, -0.2) is 40.1 Å². The van der Waals surface area contributed by atoms with E-state index in [2.05, 4.69) is 0 Å². The van der Waals surface area contributed by atoms with Gasteiger partial charge in [0.1, 0.15) is 18.1 Å². The zero-order valence-electron chi connectivity index (χ0n) is 9.89. The molecule has 6 heteroatoms. The summed E-state index contributed by atoms with van der Waals surface area (Å²) in [6.07, 6.45) is 0.568. The van der Waals surface area contributed by atoms with Gasteiger partial charge >= 0.3 is 5.97 Å². The van der Waals surface area contributed by atoms with Gasteiger partial charge in [-0.2, -0.15) is 0 Å². The molecular weight excluding hydrogens is 241 g/mol. The van der Waals surface area contributed by atoms with Gasteiger partial charge in [0.2, 0.25) is 0 Å². The Morgan fingerprint density at radius 3 is 2.56 bits per heavy atom. The number of nitrogens with zero attached hydrogens (tertiary/aromatic N) is 1. The molecule has 2 N–H and O–H groups in total. The molecule has 1 aromatic rings. The number of carbonyl (C=O) groups excluding carboxylic acids is 1. The summed E-state index contributed by atoms with van der Waals surface area (Å²) >= 11 is 0. The van der Waals surface area contributed by atoms with Crippen LogP contribution in [0.25, 0.3) is 0 Å². The monoisotopic (exact) mass is 255 g/mol. The Labute approximate surface area is 103 Å². The lowest BCUT2D eigenvalue weighted by Gasteiger charge is -2.20. The van der Waals surface area contributed by atoms with Gasteiger partial charge in [-0.1, -0.05) is 6.92 Å². The summed E-state index contributed by atoms with van der Waals surface area (Å²) in [4.78, 5) is 23.6. The van der Waals surface area contributed by atoms with Gasteiger partial charge in [0.15, 0.2) is 0 Å². The zero-order valence-corrected chi connectivity index (χ0v) is 9.89. The molecule has 0 saturated heterocycles. The van der Waals surface area contributed by atoms with Crippen LogP contribution in [0.1, 0.15) is 23.7 Å². The van der Waals surface area contributed by atoms with Crippen molar-refractivity contribution in [2.24, 2.45) is 0 Å². The Bertz CT molecular complexity index is 461. The zero-order chi connectivity index (χ0) is 13.7. The molecule has 18 heavy (non-hydrogen) atoms. The minimum absolute atomic E-state index is 0.228. The first-order valence-corrected chi connectivity index (χ1v) is 5.45. The fourth-order valence-corrected chi connectivity index (χ4v) is 1.53. The van der Waals surface area contributed by atoms with Crippen LogP contribution in [0.3, 0.4) is 0 Å². The van der Waals surface area contributed by atoms with Gasteiger partial charge in [-0.3, -0.25) is 9.59 Å². The summed E-state index contributed by atoms with van der Waals surface area (Å²) in [6.45, 7) is 1.54. The van der Waals surface area contributed by atoms with E-state index in [0.29, 0.717) is 6.42 Å². The van der Waals surface area contributed by atoms with Crippen LogP contribution in [0, 0.1) is 5.82 Å². The molecule has 98 valence electrons. The van der Waals surface area contributed by atoms with E-state index < -0.39 is 24.2 Å². The molecule has 1 amide bonds. The molecular formula is C12H14FNO4. The third-order valence-electron chi connectivity index (χ3n) is 2.29. The summed E-state index contributed by atoms with van der Waals surface area (Å²) in [7, 11) is 0. The molecule has 1 rings (SSSR count). The summed E-state index contributed by atoms with van der Waals surface area (Å²) in [5.41, 5.74) is -0.248. The lowest BCUT2D eigenvalue weighted by molar-refractivity contribution is -0.137. The molecule has 5 nitrogen and oxygen atoms in total. The second kappa shape index (κ2) is 6.00. The van der Waals surface area contributed by atoms with Crippen molar-refractivity contribution >= 4 is 11.9 Å². The smallest absolute Gasteiger partial charge is 0.323 e. The fourth-order valence-electron chi connectivity index (χ4n) is 1.53. The number of carboxylic acids is 1. The van der Waals surface area contributed by atoms with Crippen LogP contribution >= 0.6 is 0 Å². The fraction of sp³-hybridized carbons (Fsp3) is 0.333. The highest BCUT2D eigenvalue weighted by molar-refractivity contribution is 5.96. The van der Waals surface area contributed by atoms with E-state index in [4.69, 9.17) is 10.2 Å². The van der Waals surface area contributed by atoms with Crippen LogP contribution < -0.4 is 0 Å². The van der Waals surface area contributed by atoms with E-state index in [1.165, 1.54) is 6.07 Å². The number of hydrogen-bond acceptors (Lipinski definition) is 3. The quantitative estimate of drug-likeness (QED) is 0.835. The van der Waals surface area contributed by atoms with Gasteiger partial charge < -0.3 is 15.1 Å². The minimum Gasteiger partial charge on any atom is -0.508 e. The number of aromatic hydroxyl groups is 1. The molecule has 0 aromatic heterocycles. The first-order chi connectivity index (χ1) is 8.45. The van der Waals surface area contributed by atoms with Crippen molar-refractivity contribution in [2.45, 2.75) is 13.3 Å². The second-order valence-electron chi connectivity index (χ2n) is 3.78. The Morgan fingerprint density at radius 2 is 2.06 bits per heavy atom. The molecule has 0 radical (unpaired) electrons. The molecule has 0 aliphatic carbocycles. The maximum absolute atomic E-state index is 13.5. The van der Waals surface area contributed by atoms with Crippen LogP contribution in [0.15, 0.2) is 18.2 Å². The van der Waals surface area contributed by atoms with E-state index in [-0.39, 0.29) is 17.9 Å². The predicted molar refractivity (Wildman–Crippen MR) is 61.9 cm³/mol. The molecule has 0 fully saturated rings. The minimum atomic E-state index is -1.16. The van der Waals surface area contributed by atoms with Crippen molar-refractivity contribution in [3.63, 3.8) is 0 Å². The summed E-state index contributed by atoms with van der Waals surface area (Å²) in [6, 6.07) is 3.14. The average molecular weight is 255 g/mol. The van der Waals surface area contributed by atoms with Crippen molar-refractivity contribution in [2.75, 3.05) is 13.1 Å². The number of aliphatic carboxylic acids is 1. The Balaban J connectivity index is 2.97. The highest BCUT2D eigenvalue weighted by Gasteiger charge is 2.20. The SMILES string of the molecule is CCCN(CC(=O)O)C(=O)c1ccc(O)cc1F. The Hall–Kier alpha value is -2.11. The Kier molecular flexibility index (Phi) is 4.65. The molecule has 0 heterocycles. The van der Waals surface area contributed by atoms with Gasteiger partial charge in [0, 0.05) is 12.6 Å². The molecule has 0 aliphatic heterocycles. The van der Waals surface area contributed by atoms with Crippen LogP contribution in [0.4, 0.5) is 4.39 Å². The lowest BCUT2D eigenvalue weighted by Crippen LogP contribution is -2.36. The third kappa shape index (κ3) is 3.44. The molecule has 0 bridgehead atoms. The van der Waals surface area contributed by atoms with E-state index in [1.54, 1.807) is 6.92 Å².